The third kappa shape index (κ3) is 4.07. The SMILES string of the molecule is COC(C)C(Cc1ncnn1CC(C)C)NN. The molecule has 1 heterocycles. The fourth-order valence-corrected chi connectivity index (χ4v) is 1.67. The molecule has 0 aromatic carbocycles. The van der Waals surface area contributed by atoms with E-state index in [1.807, 2.05) is 11.6 Å². The summed E-state index contributed by atoms with van der Waals surface area (Å²) < 4.78 is 7.20. The van der Waals surface area contributed by atoms with Crippen molar-refractivity contribution in [3.8, 4) is 0 Å². The van der Waals surface area contributed by atoms with Crippen LogP contribution in [-0.4, -0.2) is 34.0 Å². The van der Waals surface area contributed by atoms with E-state index in [1.165, 1.54) is 0 Å². The maximum absolute atomic E-state index is 5.53. The average Bonchev–Trinajstić information content (AvgIpc) is 2.71. The summed E-state index contributed by atoms with van der Waals surface area (Å²) in [5.41, 5.74) is 2.77. The Morgan fingerprint density at radius 1 is 1.47 bits per heavy atom. The van der Waals surface area contributed by atoms with E-state index in [9.17, 15) is 0 Å². The van der Waals surface area contributed by atoms with E-state index in [2.05, 4.69) is 29.4 Å². The quantitative estimate of drug-likeness (QED) is 0.532. The molecule has 2 unspecified atom stereocenters. The van der Waals surface area contributed by atoms with Gasteiger partial charge in [-0.25, -0.2) is 9.67 Å². The Balaban J connectivity index is 2.69. The van der Waals surface area contributed by atoms with Crippen LogP contribution in [0.15, 0.2) is 6.33 Å². The fourth-order valence-electron chi connectivity index (χ4n) is 1.67. The molecular formula is C11H23N5O. The molecule has 6 heteroatoms. The van der Waals surface area contributed by atoms with Crippen LogP contribution in [-0.2, 0) is 17.7 Å². The van der Waals surface area contributed by atoms with Crippen molar-refractivity contribution in [2.75, 3.05) is 7.11 Å². The van der Waals surface area contributed by atoms with Crippen molar-refractivity contribution in [1.82, 2.24) is 20.2 Å². The molecule has 1 aromatic rings. The zero-order valence-electron chi connectivity index (χ0n) is 11.1. The minimum atomic E-state index is 0.0317. The summed E-state index contributed by atoms with van der Waals surface area (Å²) in [4.78, 5) is 4.27. The lowest BCUT2D eigenvalue weighted by molar-refractivity contribution is 0.0820. The number of hydrazine groups is 1. The van der Waals surface area contributed by atoms with Gasteiger partial charge in [0, 0.05) is 20.1 Å². The molecule has 0 aliphatic heterocycles. The molecule has 1 aromatic heterocycles. The van der Waals surface area contributed by atoms with Crippen LogP contribution in [0.5, 0.6) is 0 Å². The average molecular weight is 241 g/mol. The monoisotopic (exact) mass is 241 g/mol. The minimum Gasteiger partial charge on any atom is -0.380 e. The third-order valence-corrected chi connectivity index (χ3v) is 2.79. The standard InChI is InChI=1S/C11H23N5O/c1-8(2)6-16-11(13-7-14-16)5-10(15-12)9(3)17-4/h7-10,15H,5-6,12H2,1-4H3. The van der Waals surface area contributed by atoms with E-state index in [0.717, 1.165) is 12.4 Å². The summed E-state index contributed by atoms with van der Waals surface area (Å²) in [7, 11) is 1.67. The predicted octanol–water partition coefficient (Wildman–Crippen LogP) is 0.343. The van der Waals surface area contributed by atoms with Crippen molar-refractivity contribution in [1.29, 1.82) is 0 Å². The highest BCUT2D eigenvalue weighted by Crippen LogP contribution is 2.07. The van der Waals surface area contributed by atoms with Gasteiger partial charge in [0.05, 0.1) is 12.1 Å². The van der Waals surface area contributed by atoms with Gasteiger partial charge in [0.2, 0.25) is 0 Å². The van der Waals surface area contributed by atoms with Gasteiger partial charge in [0.1, 0.15) is 12.2 Å². The molecule has 0 spiro atoms. The maximum atomic E-state index is 5.53. The molecule has 0 aliphatic rings. The number of methoxy groups -OCH3 is 1. The van der Waals surface area contributed by atoms with Gasteiger partial charge in [0.15, 0.2) is 0 Å². The largest absolute Gasteiger partial charge is 0.380 e. The molecule has 2 atom stereocenters. The number of hydrogen-bond acceptors (Lipinski definition) is 5. The van der Waals surface area contributed by atoms with Gasteiger partial charge < -0.3 is 4.74 Å². The van der Waals surface area contributed by atoms with Gasteiger partial charge in [-0.1, -0.05) is 13.8 Å². The first-order valence-corrected chi connectivity index (χ1v) is 5.94. The van der Waals surface area contributed by atoms with Crippen LogP contribution < -0.4 is 11.3 Å². The summed E-state index contributed by atoms with van der Waals surface area (Å²) >= 11 is 0. The van der Waals surface area contributed by atoms with Crippen molar-refractivity contribution in [3.63, 3.8) is 0 Å². The lowest BCUT2D eigenvalue weighted by Crippen LogP contribution is -2.45. The lowest BCUT2D eigenvalue weighted by Gasteiger charge is -2.21. The predicted molar refractivity (Wildman–Crippen MR) is 66.1 cm³/mol. The Morgan fingerprint density at radius 2 is 2.18 bits per heavy atom. The topological polar surface area (TPSA) is 78.0 Å². The Bertz CT molecular complexity index is 325. The minimum absolute atomic E-state index is 0.0317. The van der Waals surface area contributed by atoms with Gasteiger partial charge >= 0.3 is 0 Å². The van der Waals surface area contributed by atoms with E-state index >= 15 is 0 Å². The van der Waals surface area contributed by atoms with Crippen LogP contribution in [0.4, 0.5) is 0 Å². The van der Waals surface area contributed by atoms with Gasteiger partial charge in [-0.2, -0.15) is 5.10 Å². The van der Waals surface area contributed by atoms with Gasteiger partial charge in [-0.15, -0.1) is 0 Å². The lowest BCUT2D eigenvalue weighted by atomic mass is 10.1. The molecule has 1 rings (SSSR count). The van der Waals surface area contributed by atoms with Crippen molar-refractivity contribution >= 4 is 0 Å². The third-order valence-electron chi connectivity index (χ3n) is 2.79. The van der Waals surface area contributed by atoms with Crippen LogP contribution >= 0.6 is 0 Å². The van der Waals surface area contributed by atoms with Crippen LogP contribution in [0.1, 0.15) is 26.6 Å². The first-order valence-electron chi connectivity index (χ1n) is 5.94. The normalized spacial score (nSPS) is 15.2. The summed E-state index contributed by atoms with van der Waals surface area (Å²) in [5.74, 6) is 7.01. The molecule has 3 N–H and O–H groups in total. The molecule has 0 saturated heterocycles. The fraction of sp³-hybridized carbons (Fsp3) is 0.818. The Kier molecular flexibility index (Phi) is 5.54. The molecule has 0 bridgehead atoms. The number of nitrogens with zero attached hydrogens (tertiary/aromatic N) is 3. The van der Waals surface area contributed by atoms with Gasteiger partial charge in [0.25, 0.3) is 0 Å². The second kappa shape index (κ2) is 6.68. The zero-order chi connectivity index (χ0) is 12.8. The van der Waals surface area contributed by atoms with Crippen molar-refractivity contribution < 1.29 is 4.74 Å². The molecule has 98 valence electrons. The van der Waals surface area contributed by atoms with E-state index < -0.39 is 0 Å². The molecular weight excluding hydrogens is 218 g/mol. The molecule has 0 saturated carbocycles. The number of rotatable bonds is 7. The van der Waals surface area contributed by atoms with Crippen LogP contribution in [0.3, 0.4) is 0 Å². The van der Waals surface area contributed by atoms with Crippen LogP contribution in [0, 0.1) is 5.92 Å². The van der Waals surface area contributed by atoms with E-state index in [-0.39, 0.29) is 12.1 Å². The molecule has 0 radical (unpaired) electrons. The van der Waals surface area contributed by atoms with Crippen molar-refractivity contribution in [3.05, 3.63) is 12.2 Å². The molecule has 0 aliphatic carbocycles. The Labute approximate surface area is 103 Å². The first kappa shape index (κ1) is 14.1. The summed E-state index contributed by atoms with van der Waals surface area (Å²) in [6, 6.07) is 0.0371. The highest BCUT2D eigenvalue weighted by atomic mass is 16.5. The Hall–Kier alpha value is -0.980. The smallest absolute Gasteiger partial charge is 0.138 e. The second-order valence-corrected chi connectivity index (χ2v) is 4.67. The number of nitrogens with two attached hydrogens (primary N) is 1. The maximum Gasteiger partial charge on any atom is 0.138 e. The Morgan fingerprint density at radius 3 is 2.71 bits per heavy atom. The van der Waals surface area contributed by atoms with Crippen LogP contribution in [0.2, 0.25) is 0 Å². The molecule has 6 nitrogen and oxygen atoms in total. The number of aromatic nitrogens is 3. The number of hydrogen-bond donors (Lipinski definition) is 2. The van der Waals surface area contributed by atoms with Gasteiger partial charge in [-0.3, -0.25) is 11.3 Å². The van der Waals surface area contributed by atoms with E-state index in [1.54, 1.807) is 13.4 Å². The number of ether oxygens (including phenoxy) is 1. The van der Waals surface area contributed by atoms with Crippen molar-refractivity contribution in [2.45, 2.75) is 45.9 Å². The van der Waals surface area contributed by atoms with E-state index in [0.29, 0.717) is 12.3 Å². The van der Waals surface area contributed by atoms with Crippen molar-refractivity contribution in [2.24, 2.45) is 11.8 Å². The summed E-state index contributed by atoms with van der Waals surface area (Å²) in [5, 5.41) is 4.23. The highest BCUT2D eigenvalue weighted by Gasteiger charge is 2.19. The van der Waals surface area contributed by atoms with Gasteiger partial charge in [-0.05, 0) is 12.8 Å². The highest BCUT2D eigenvalue weighted by molar-refractivity contribution is 4.91. The second-order valence-electron chi connectivity index (χ2n) is 4.67. The first-order chi connectivity index (χ1) is 8.08. The summed E-state index contributed by atoms with van der Waals surface area (Å²) in [6.45, 7) is 7.16. The van der Waals surface area contributed by atoms with Crippen LogP contribution in [0.25, 0.3) is 0 Å². The van der Waals surface area contributed by atoms with E-state index in [4.69, 9.17) is 10.6 Å². The zero-order valence-corrected chi connectivity index (χ0v) is 11.1. The number of nitrogens with one attached hydrogen (secondary N) is 1. The summed E-state index contributed by atoms with van der Waals surface area (Å²) in [6.07, 6.45) is 2.32. The molecule has 0 fully saturated rings. The molecule has 0 amide bonds. The molecule has 17 heavy (non-hydrogen) atoms.